The standard InChI is InChI=1S/C15H23NO/c1-11-3-2-4-13(9-11)15(16)10-12-5-7-14(17)8-6-12/h5-8,11,13,15,17H,2-4,9-10,16H2,1H3. The number of phenolic OH excluding ortho intramolecular Hbond substituents is 1. The van der Waals surface area contributed by atoms with E-state index in [0.717, 1.165) is 12.3 Å². The zero-order valence-corrected chi connectivity index (χ0v) is 10.6. The minimum Gasteiger partial charge on any atom is -0.508 e. The van der Waals surface area contributed by atoms with Crippen molar-refractivity contribution in [3.05, 3.63) is 29.8 Å². The van der Waals surface area contributed by atoms with Crippen molar-refractivity contribution in [2.45, 2.75) is 45.1 Å². The number of phenols is 1. The zero-order valence-electron chi connectivity index (χ0n) is 10.6. The third-order valence-electron chi connectivity index (χ3n) is 3.99. The van der Waals surface area contributed by atoms with Crippen molar-refractivity contribution >= 4 is 0 Å². The lowest BCUT2D eigenvalue weighted by atomic mass is 9.77. The van der Waals surface area contributed by atoms with Gasteiger partial charge in [0.25, 0.3) is 0 Å². The first-order valence-electron chi connectivity index (χ1n) is 6.68. The molecule has 1 aliphatic rings. The van der Waals surface area contributed by atoms with E-state index in [9.17, 15) is 5.11 Å². The molecule has 0 spiro atoms. The fourth-order valence-electron chi connectivity index (χ4n) is 2.94. The van der Waals surface area contributed by atoms with Crippen molar-refractivity contribution in [3.63, 3.8) is 0 Å². The van der Waals surface area contributed by atoms with Crippen LogP contribution in [0.25, 0.3) is 0 Å². The molecule has 3 unspecified atom stereocenters. The summed E-state index contributed by atoms with van der Waals surface area (Å²) < 4.78 is 0. The molecule has 1 aromatic carbocycles. The SMILES string of the molecule is CC1CCCC(C(N)Cc2ccc(O)cc2)C1. The number of benzene rings is 1. The first-order valence-corrected chi connectivity index (χ1v) is 6.68. The number of aromatic hydroxyl groups is 1. The third kappa shape index (κ3) is 3.47. The lowest BCUT2D eigenvalue weighted by Crippen LogP contribution is -2.35. The van der Waals surface area contributed by atoms with E-state index >= 15 is 0 Å². The molecular weight excluding hydrogens is 210 g/mol. The zero-order chi connectivity index (χ0) is 12.3. The van der Waals surface area contributed by atoms with Crippen LogP contribution in [0.4, 0.5) is 0 Å². The predicted octanol–water partition coefficient (Wildman–Crippen LogP) is 3.09. The summed E-state index contributed by atoms with van der Waals surface area (Å²) in [5.74, 6) is 1.83. The van der Waals surface area contributed by atoms with Crippen molar-refractivity contribution < 1.29 is 5.11 Å². The smallest absolute Gasteiger partial charge is 0.115 e. The molecule has 0 saturated heterocycles. The molecule has 2 nitrogen and oxygen atoms in total. The molecule has 0 radical (unpaired) electrons. The Kier molecular flexibility index (Phi) is 4.06. The van der Waals surface area contributed by atoms with Crippen molar-refractivity contribution in [3.8, 4) is 5.75 Å². The van der Waals surface area contributed by atoms with Gasteiger partial charge in [0.1, 0.15) is 5.75 Å². The average Bonchev–Trinajstić information content (AvgIpc) is 2.32. The van der Waals surface area contributed by atoms with Crippen LogP contribution in [0.15, 0.2) is 24.3 Å². The van der Waals surface area contributed by atoms with Gasteiger partial charge in [-0.25, -0.2) is 0 Å². The second kappa shape index (κ2) is 5.54. The van der Waals surface area contributed by atoms with Gasteiger partial charge in [0.2, 0.25) is 0 Å². The van der Waals surface area contributed by atoms with Crippen LogP contribution in [0.5, 0.6) is 5.75 Å². The maximum atomic E-state index is 9.24. The van der Waals surface area contributed by atoms with E-state index in [4.69, 9.17) is 5.73 Å². The largest absolute Gasteiger partial charge is 0.508 e. The van der Waals surface area contributed by atoms with Gasteiger partial charge in [-0.3, -0.25) is 0 Å². The average molecular weight is 233 g/mol. The molecule has 0 heterocycles. The Morgan fingerprint density at radius 1 is 1.29 bits per heavy atom. The first kappa shape index (κ1) is 12.4. The molecule has 1 aliphatic carbocycles. The molecule has 94 valence electrons. The highest BCUT2D eigenvalue weighted by Crippen LogP contribution is 2.31. The Morgan fingerprint density at radius 2 is 2.00 bits per heavy atom. The van der Waals surface area contributed by atoms with E-state index in [1.54, 1.807) is 12.1 Å². The van der Waals surface area contributed by atoms with E-state index in [1.165, 1.54) is 31.2 Å². The lowest BCUT2D eigenvalue weighted by molar-refractivity contribution is 0.245. The highest BCUT2D eigenvalue weighted by atomic mass is 16.3. The van der Waals surface area contributed by atoms with Gasteiger partial charge in [-0.1, -0.05) is 31.9 Å². The minimum atomic E-state index is 0.266. The Morgan fingerprint density at radius 3 is 2.65 bits per heavy atom. The molecule has 1 saturated carbocycles. The monoisotopic (exact) mass is 233 g/mol. The second-order valence-corrected chi connectivity index (χ2v) is 5.57. The van der Waals surface area contributed by atoms with Crippen molar-refractivity contribution in [2.75, 3.05) is 0 Å². The van der Waals surface area contributed by atoms with E-state index < -0.39 is 0 Å². The fraction of sp³-hybridized carbons (Fsp3) is 0.600. The molecule has 0 aromatic heterocycles. The quantitative estimate of drug-likeness (QED) is 0.842. The predicted molar refractivity (Wildman–Crippen MR) is 70.9 cm³/mol. The van der Waals surface area contributed by atoms with Crippen LogP contribution in [0.1, 0.15) is 38.2 Å². The summed E-state index contributed by atoms with van der Waals surface area (Å²) in [6.45, 7) is 2.33. The highest BCUT2D eigenvalue weighted by molar-refractivity contribution is 5.26. The van der Waals surface area contributed by atoms with Gasteiger partial charge >= 0.3 is 0 Å². The third-order valence-corrected chi connectivity index (χ3v) is 3.99. The molecule has 1 fully saturated rings. The maximum absolute atomic E-state index is 9.24. The van der Waals surface area contributed by atoms with Crippen LogP contribution in [-0.4, -0.2) is 11.1 Å². The number of rotatable bonds is 3. The second-order valence-electron chi connectivity index (χ2n) is 5.57. The summed E-state index contributed by atoms with van der Waals surface area (Å²) in [4.78, 5) is 0. The maximum Gasteiger partial charge on any atom is 0.115 e. The summed E-state index contributed by atoms with van der Waals surface area (Å²) in [6.07, 6.45) is 6.18. The van der Waals surface area contributed by atoms with Crippen LogP contribution in [0, 0.1) is 11.8 Å². The minimum absolute atomic E-state index is 0.266. The van der Waals surface area contributed by atoms with Crippen LogP contribution in [-0.2, 0) is 6.42 Å². The van der Waals surface area contributed by atoms with Crippen LogP contribution < -0.4 is 5.73 Å². The van der Waals surface area contributed by atoms with Crippen molar-refractivity contribution in [2.24, 2.45) is 17.6 Å². The van der Waals surface area contributed by atoms with E-state index in [2.05, 4.69) is 6.92 Å². The van der Waals surface area contributed by atoms with Crippen LogP contribution >= 0.6 is 0 Å². The molecule has 0 amide bonds. The van der Waals surface area contributed by atoms with E-state index in [0.29, 0.717) is 11.7 Å². The molecule has 3 atom stereocenters. The Bertz CT molecular complexity index is 346. The van der Waals surface area contributed by atoms with Gasteiger partial charge in [-0.05, 0) is 48.8 Å². The molecule has 2 heteroatoms. The molecular formula is C15H23NO. The van der Waals surface area contributed by atoms with E-state index in [-0.39, 0.29) is 6.04 Å². The van der Waals surface area contributed by atoms with Gasteiger partial charge in [0.15, 0.2) is 0 Å². The van der Waals surface area contributed by atoms with Gasteiger partial charge in [0, 0.05) is 6.04 Å². The summed E-state index contributed by atoms with van der Waals surface area (Å²) in [5.41, 5.74) is 7.55. The topological polar surface area (TPSA) is 46.2 Å². The summed E-state index contributed by atoms with van der Waals surface area (Å²) in [6, 6.07) is 7.70. The Balaban J connectivity index is 1.91. The van der Waals surface area contributed by atoms with Gasteiger partial charge in [0.05, 0.1) is 0 Å². The van der Waals surface area contributed by atoms with Crippen LogP contribution in [0.3, 0.4) is 0 Å². The highest BCUT2D eigenvalue weighted by Gasteiger charge is 2.24. The molecule has 0 aliphatic heterocycles. The first-order chi connectivity index (χ1) is 8.15. The summed E-state index contributed by atoms with van der Waals surface area (Å²) in [7, 11) is 0. The summed E-state index contributed by atoms with van der Waals surface area (Å²) in [5, 5.41) is 9.24. The molecule has 2 rings (SSSR count). The number of nitrogens with two attached hydrogens (primary N) is 1. The fourth-order valence-corrected chi connectivity index (χ4v) is 2.94. The normalized spacial score (nSPS) is 26.7. The van der Waals surface area contributed by atoms with Gasteiger partial charge in [-0.2, -0.15) is 0 Å². The van der Waals surface area contributed by atoms with Gasteiger partial charge < -0.3 is 10.8 Å². The number of hydrogen-bond donors (Lipinski definition) is 2. The Labute approximate surface area is 104 Å². The Hall–Kier alpha value is -1.02. The molecule has 3 N–H and O–H groups in total. The lowest BCUT2D eigenvalue weighted by Gasteiger charge is -2.31. The summed E-state index contributed by atoms with van der Waals surface area (Å²) >= 11 is 0. The van der Waals surface area contributed by atoms with Gasteiger partial charge in [-0.15, -0.1) is 0 Å². The number of hydrogen-bond acceptors (Lipinski definition) is 2. The molecule has 1 aromatic rings. The van der Waals surface area contributed by atoms with E-state index in [1.807, 2.05) is 12.1 Å². The molecule has 17 heavy (non-hydrogen) atoms. The van der Waals surface area contributed by atoms with Crippen LogP contribution in [0.2, 0.25) is 0 Å². The molecule has 0 bridgehead atoms. The van der Waals surface area contributed by atoms with Crippen molar-refractivity contribution in [1.82, 2.24) is 0 Å². The van der Waals surface area contributed by atoms with Crippen molar-refractivity contribution in [1.29, 1.82) is 0 Å².